The van der Waals surface area contributed by atoms with E-state index in [2.05, 4.69) is 14.9 Å². The molecular weight excluding hydrogens is 212 g/mol. The van der Waals surface area contributed by atoms with E-state index in [4.69, 9.17) is 5.73 Å². The third kappa shape index (κ3) is 2.60. The van der Waals surface area contributed by atoms with Gasteiger partial charge >= 0.3 is 0 Å². The van der Waals surface area contributed by atoms with Crippen LogP contribution in [0, 0.1) is 0 Å². The van der Waals surface area contributed by atoms with Crippen molar-refractivity contribution < 1.29 is 0 Å². The topological polar surface area (TPSA) is 55.0 Å². The van der Waals surface area contributed by atoms with Gasteiger partial charge in [0.15, 0.2) is 0 Å². The Morgan fingerprint density at radius 1 is 1.12 bits per heavy atom. The highest BCUT2D eigenvalue weighted by Crippen LogP contribution is 2.20. The molecular formula is C13H16N4. The predicted octanol–water partition coefficient (Wildman–Crippen LogP) is 1.59. The van der Waals surface area contributed by atoms with Crippen LogP contribution in [0.3, 0.4) is 0 Å². The fraction of sp³-hybridized carbons (Fsp3) is 0.231. The second-order valence-corrected chi connectivity index (χ2v) is 4.09. The molecule has 4 heteroatoms. The lowest BCUT2D eigenvalue weighted by atomic mass is 10.0. The molecule has 2 rings (SSSR count). The molecule has 0 bridgehead atoms. The first-order valence-corrected chi connectivity index (χ1v) is 5.47. The first-order chi connectivity index (χ1) is 8.18. The first kappa shape index (κ1) is 11.5. The highest BCUT2D eigenvalue weighted by Gasteiger charge is 2.10. The molecule has 17 heavy (non-hydrogen) atoms. The fourth-order valence-corrected chi connectivity index (χ4v) is 1.62. The van der Waals surface area contributed by atoms with Crippen molar-refractivity contribution in [1.82, 2.24) is 9.97 Å². The quantitative estimate of drug-likeness (QED) is 0.866. The summed E-state index contributed by atoms with van der Waals surface area (Å²) in [5.41, 5.74) is 9.10. The Kier molecular flexibility index (Phi) is 3.35. The van der Waals surface area contributed by atoms with Crippen LogP contribution in [0.5, 0.6) is 0 Å². The van der Waals surface area contributed by atoms with Crippen molar-refractivity contribution in [2.75, 3.05) is 19.0 Å². The summed E-state index contributed by atoms with van der Waals surface area (Å²) in [5.74, 6) is 0. The molecule has 0 aliphatic carbocycles. The number of rotatable bonds is 3. The lowest BCUT2D eigenvalue weighted by Gasteiger charge is -2.15. The molecule has 88 valence electrons. The number of hydrogen-bond acceptors (Lipinski definition) is 4. The summed E-state index contributed by atoms with van der Waals surface area (Å²) in [7, 11) is 4.02. The van der Waals surface area contributed by atoms with E-state index in [0.717, 1.165) is 16.9 Å². The summed E-state index contributed by atoms with van der Waals surface area (Å²) in [5, 5.41) is 0. The van der Waals surface area contributed by atoms with E-state index in [1.54, 1.807) is 18.6 Å². The molecule has 0 amide bonds. The minimum Gasteiger partial charge on any atom is -0.378 e. The number of nitrogens with two attached hydrogens (primary N) is 1. The highest BCUT2D eigenvalue weighted by molar-refractivity contribution is 5.47. The smallest absolute Gasteiger partial charge is 0.0799 e. The Hall–Kier alpha value is -1.94. The van der Waals surface area contributed by atoms with E-state index >= 15 is 0 Å². The number of hydrogen-bond donors (Lipinski definition) is 1. The van der Waals surface area contributed by atoms with Crippen molar-refractivity contribution in [3.05, 3.63) is 54.1 Å². The van der Waals surface area contributed by atoms with Crippen molar-refractivity contribution >= 4 is 5.69 Å². The van der Waals surface area contributed by atoms with Gasteiger partial charge in [0.2, 0.25) is 0 Å². The van der Waals surface area contributed by atoms with Gasteiger partial charge in [-0.05, 0) is 17.7 Å². The van der Waals surface area contributed by atoms with Crippen LogP contribution >= 0.6 is 0 Å². The zero-order valence-corrected chi connectivity index (χ0v) is 10.0. The Labute approximate surface area is 101 Å². The molecule has 0 aliphatic heterocycles. The van der Waals surface area contributed by atoms with Gasteiger partial charge in [-0.25, -0.2) is 0 Å². The summed E-state index contributed by atoms with van der Waals surface area (Å²) in [4.78, 5) is 10.3. The normalized spacial score (nSPS) is 12.2. The number of nitrogens with zero attached hydrogens (tertiary/aromatic N) is 3. The van der Waals surface area contributed by atoms with Crippen LogP contribution in [0.15, 0.2) is 42.9 Å². The average Bonchev–Trinajstić information content (AvgIpc) is 2.39. The molecule has 0 aliphatic rings. The molecule has 2 N–H and O–H groups in total. The zero-order valence-electron chi connectivity index (χ0n) is 10.0. The number of aromatic nitrogens is 2. The Morgan fingerprint density at radius 2 is 1.82 bits per heavy atom. The molecule has 1 heterocycles. The summed E-state index contributed by atoms with van der Waals surface area (Å²) < 4.78 is 0. The maximum absolute atomic E-state index is 6.13. The van der Waals surface area contributed by atoms with Gasteiger partial charge in [-0.15, -0.1) is 0 Å². The van der Waals surface area contributed by atoms with Crippen molar-refractivity contribution in [3.8, 4) is 0 Å². The van der Waals surface area contributed by atoms with E-state index in [1.807, 2.05) is 38.4 Å². The van der Waals surface area contributed by atoms with Gasteiger partial charge in [0.05, 0.1) is 17.9 Å². The lowest BCUT2D eigenvalue weighted by Crippen LogP contribution is -2.14. The first-order valence-electron chi connectivity index (χ1n) is 5.47. The summed E-state index contributed by atoms with van der Waals surface area (Å²) in [6.07, 6.45) is 5.00. The van der Waals surface area contributed by atoms with Crippen LogP contribution in [0.1, 0.15) is 17.3 Å². The monoisotopic (exact) mass is 228 g/mol. The van der Waals surface area contributed by atoms with Gasteiger partial charge < -0.3 is 10.6 Å². The van der Waals surface area contributed by atoms with Crippen molar-refractivity contribution in [3.63, 3.8) is 0 Å². The van der Waals surface area contributed by atoms with Gasteiger partial charge in [0.1, 0.15) is 0 Å². The van der Waals surface area contributed by atoms with Crippen molar-refractivity contribution in [2.24, 2.45) is 5.73 Å². The summed E-state index contributed by atoms with van der Waals surface area (Å²) >= 11 is 0. The summed E-state index contributed by atoms with van der Waals surface area (Å²) in [6, 6.07) is 7.92. The molecule has 0 radical (unpaired) electrons. The van der Waals surface area contributed by atoms with E-state index in [1.165, 1.54) is 0 Å². The Bertz CT molecular complexity index is 465. The molecule has 0 spiro atoms. The third-order valence-electron chi connectivity index (χ3n) is 2.67. The average molecular weight is 228 g/mol. The van der Waals surface area contributed by atoms with Crippen LogP contribution in [-0.4, -0.2) is 24.1 Å². The standard InChI is InChI=1S/C13H16N4/c1-17(2)11-5-3-10(4-6-11)13(14)12-9-15-7-8-16-12/h3-9,13H,14H2,1-2H3. The van der Waals surface area contributed by atoms with E-state index in [-0.39, 0.29) is 6.04 Å². The largest absolute Gasteiger partial charge is 0.378 e. The summed E-state index contributed by atoms with van der Waals surface area (Å²) in [6.45, 7) is 0. The van der Waals surface area contributed by atoms with Gasteiger partial charge in [0, 0.05) is 32.2 Å². The highest BCUT2D eigenvalue weighted by atomic mass is 15.1. The van der Waals surface area contributed by atoms with Crippen LogP contribution in [-0.2, 0) is 0 Å². The number of benzene rings is 1. The van der Waals surface area contributed by atoms with Gasteiger partial charge in [-0.2, -0.15) is 0 Å². The van der Waals surface area contributed by atoms with Gasteiger partial charge in [-0.1, -0.05) is 12.1 Å². The molecule has 4 nitrogen and oxygen atoms in total. The number of anilines is 1. The second-order valence-electron chi connectivity index (χ2n) is 4.09. The molecule has 0 saturated carbocycles. The molecule has 1 aromatic carbocycles. The van der Waals surface area contributed by atoms with Crippen LogP contribution in [0.2, 0.25) is 0 Å². The van der Waals surface area contributed by atoms with Gasteiger partial charge in [-0.3, -0.25) is 9.97 Å². The maximum Gasteiger partial charge on any atom is 0.0799 e. The van der Waals surface area contributed by atoms with E-state index < -0.39 is 0 Å². The maximum atomic E-state index is 6.13. The molecule has 2 aromatic rings. The van der Waals surface area contributed by atoms with Crippen LogP contribution < -0.4 is 10.6 Å². The zero-order chi connectivity index (χ0) is 12.3. The lowest BCUT2D eigenvalue weighted by molar-refractivity contribution is 0.817. The van der Waals surface area contributed by atoms with Crippen molar-refractivity contribution in [1.29, 1.82) is 0 Å². The van der Waals surface area contributed by atoms with Crippen LogP contribution in [0.25, 0.3) is 0 Å². The van der Waals surface area contributed by atoms with E-state index in [0.29, 0.717) is 0 Å². The minimum absolute atomic E-state index is 0.222. The molecule has 1 unspecified atom stereocenters. The molecule has 0 saturated heterocycles. The van der Waals surface area contributed by atoms with Crippen molar-refractivity contribution in [2.45, 2.75) is 6.04 Å². The predicted molar refractivity (Wildman–Crippen MR) is 68.8 cm³/mol. The van der Waals surface area contributed by atoms with E-state index in [9.17, 15) is 0 Å². The minimum atomic E-state index is -0.222. The Morgan fingerprint density at radius 3 is 2.35 bits per heavy atom. The molecule has 0 fully saturated rings. The Balaban J connectivity index is 2.23. The van der Waals surface area contributed by atoms with Gasteiger partial charge in [0.25, 0.3) is 0 Å². The second kappa shape index (κ2) is 4.93. The molecule has 1 atom stereocenters. The third-order valence-corrected chi connectivity index (χ3v) is 2.67. The molecule has 1 aromatic heterocycles. The van der Waals surface area contributed by atoms with Crippen LogP contribution in [0.4, 0.5) is 5.69 Å². The fourth-order valence-electron chi connectivity index (χ4n) is 1.62. The SMILES string of the molecule is CN(C)c1ccc(C(N)c2cnccn2)cc1.